The van der Waals surface area contributed by atoms with E-state index in [1.807, 2.05) is 97.1 Å². The maximum absolute atomic E-state index is 12.3. The average molecular weight is 646 g/mol. The zero-order valence-corrected chi connectivity index (χ0v) is 26.7. The van der Waals surface area contributed by atoms with E-state index in [4.69, 9.17) is 13.9 Å². The lowest BCUT2D eigenvalue weighted by Crippen LogP contribution is -2.26. The van der Waals surface area contributed by atoms with Crippen LogP contribution in [0.2, 0.25) is 0 Å². The van der Waals surface area contributed by atoms with Crippen LogP contribution >= 0.6 is 23.5 Å². The van der Waals surface area contributed by atoms with Gasteiger partial charge in [-0.2, -0.15) is 0 Å². The van der Waals surface area contributed by atoms with Crippen LogP contribution in [-0.4, -0.2) is 22.0 Å². The maximum atomic E-state index is 12.3. The molecule has 1 unspecified atom stereocenters. The van der Waals surface area contributed by atoms with Gasteiger partial charge in [-0.15, -0.1) is 0 Å². The van der Waals surface area contributed by atoms with E-state index < -0.39 is 10.0 Å². The standard InChI is InChI=1S/C38H31NO5S2/c1-26-8-3-6-11-35(26)45-27(2)24-43-32-19-14-29(15-20-32)38(46-37(40)41,36-12-7-23-42-36)30-16-21-33(22-17-30)44-25-31-18-13-28-9-4-5-10-34(28)39-31/h3-23H,2,24-25H2,1H3,(H,40,41). The third-order valence-corrected chi connectivity index (χ3v) is 9.66. The number of thioether (sulfide) groups is 2. The number of aromatic nitrogens is 1. The molecule has 0 bridgehead atoms. The summed E-state index contributed by atoms with van der Waals surface area (Å²) in [7, 11) is 0. The second-order valence-electron chi connectivity index (χ2n) is 10.6. The number of carboxylic acid groups (broad SMARTS) is 1. The van der Waals surface area contributed by atoms with Gasteiger partial charge in [-0.25, -0.2) is 9.78 Å². The van der Waals surface area contributed by atoms with E-state index in [9.17, 15) is 9.90 Å². The number of nitrogens with zero attached hydrogens (tertiary/aromatic N) is 1. The summed E-state index contributed by atoms with van der Waals surface area (Å²) in [5.41, 5.74) is 4.36. The summed E-state index contributed by atoms with van der Waals surface area (Å²) >= 11 is 2.36. The SMILES string of the molecule is C=C(COc1ccc(C(SC(=O)O)(c2ccc(OCc3ccc4ccccc4n3)cc2)c2ccco2)cc1)Sc1ccccc1C. The first-order valence-corrected chi connectivity index (χ1v) is 16.2. The quantitative estimate of drug-likeness (QED) is 0.132. The highest BCUT2D eigenvalue weighted by Gasteiger charge is 2.42. The second-order valence-corrected chi connectivity index (χ2v) is 12.9. The van der Waals surface area contributed by atoms with Gasteiger partial charge in [0.05, 0.1) is 17.5 Å². The number of carbonyl (C=O) groups is 1. The molecule has 6 rings (SSSR count). The van der Waals surface area contributed by atoms with Gasteiger partial charge in [0.15, 0.2) is 0 Å². The number of para-hydroxylation sites is 1. The van der Waals surface area contributed by atoms with Gasteiger partial charge in [0, 0.05) is 15.2 Å². The highest BCUT2D eigenvalue weighted by molar-refractivity contribution is 8.14. The van der Waals surface area contributed by atoms with Gasteiger partial charge < -0.3 is 19.0 Å². The van der Waals surface area contributed by atoms with Crippen LogP contribution in [0, 0.1) is 6.92 Å². The van der Waals surface area contributed by atoms with Crippen molar-refractivity contribution in [2.75, 3.05) is 6.61 Å². The molecule has 0 saturated heterocycles. The van der Waals surface area contributed by atoms with Crippen molar-refractivity contribution in [2.45, 2.75) is 23.2 Å². The van der Waals surface area contributed by atoms with Crippen molar-refractivity contribution in [3.05, 3.63) is 167 Å². The Morgan fingerprint density at radius 3 is 2.17 bits per heavy atom. The molecule has 6 aromatic rings. The molecular formula is C38H31NO5S2. The summed E-state index contributed by atoms with van der Waals surface area (Å²) in [6.07, 6.45) is 1.55. The number of ether oxygens (including phenoxy) is 2. The Balaban J connectivity index is 1.22. The molecule has 2 heterocycles. The Kier molecular flexibility index (Phi) is 9.47. The van der Waals surface area contributed by atoms with Crippen molar-refractivity contribution in [1.82, 2.24) is 4.98 Å². The molecule has 0 aliphatic heterocycles. The molecule has 2 aromatic heterocycles. The summed E-state index contributed by atoms with van der Waals surface area (Å²) in [4.78, 5) is 19.0. The number of benzene rings is 4. The number of fused-ring (bicyclic) bond motifs is 1. The lowest BCUT2D eigenvalue weighted by Gasteiger charge is -2.31. The molecule has 1 atom stereocenters. The minimum Gasteiger partial charge on any atom is -0.488 e. The zero-order chi connectivity index (χ0) is 31.9. The van der Waals surface area contributed by atoms with E-state index in [-0.39, 0.29) is 0 Å². The summed E-state index contributed by atoms with van der Waals surface area (Å²) in [6.45, 7) is 6.87. The van der Waals surface area contributed by atoms with Crippen LogP contribution in [-0.2, 0) is 11.4 Å². The Labute approximate surface area is 276 Å². The Hall–Kier alpha value is -4.92. The zero-order valence-electron chi connectivity index (χ0n) is 25.1. The Morgan fingerprint density at radius 1 is 0.826 bits per heavy atom. The van der Waals surface area contributed by atoms with E-state index in [2.05, 4.69) is 30.6 Å². The fraction of sp³-hybridized carbons (Fsp3) is 0.105. The first kappa shape index (κ1) is 31.1. The smallest absolute Gasteiger partial charge is 0.366 e. The maximum Gasteiger partial charge on any atom is 0.366 e. The van der Waals surface area contributed by atoms with Gasteiger partial charge in [0.25, 0.3) is 0 Å². The third kappa shape index (κ3) is 6.98. The van der Waals surface area contributed by atoms with Crippen LogP contribution in [0.3, 0.4) is 0 Å². The van der Waals surface area contributed by atoms with Crippen molar-refractivity contribution in [1.29, 1.82) is 0 Å². The summed E-state index contributed by atoms with van der Waals surface area (Å²) in [6, 6.07) is 38.5. The molecule has 0 amide bonds. The molecule has 0 radical (unpaired) electrons. The second kappa shape index (κ2) is 14.0. The van der Waals surface area contributed by atoms with E-state index in [0.29, 0.717) is 30.5 Å². The largest absolute Gasteiger partial charge is 0.488 e. The van der Waals surface area contributed by atoms with Crippen molar-refractivity contribution in [3.8, 4) is 11.5 Å². The molecule has 46 heavy (non-hydrogen) atoms. The van der Waals surface area contributed by atoms with Crippen LogP contribution in [0.5, 0.6) is 11.5 Å². The van der Waals surface area contributed by atoms with E-state index >= 15 is 0 Å². The first-order valence-electron chi connectivity index (χ1n) is 14.6. The highest BCUT2D eigenvalue weighted by atomic mass is 32.2. The van der Waals surface area contributed by atoms with Gasteiger partial charge in [0.1, 0.15) is 35.2 Å². The third-order valence-electron chi connectivity index (χ3n) is 7.42. The van der Waals surface area contributed by atoms with E-state index in [0.717, 1.165) is 49.3 Å². The van der Waals surface area contributed by atoms with Crippen molar-refractivity contribution in [2.24, 2.45) is 0 Å². The number of aryl methyl sites for hydroxylation is 1. The van der Waals surface area contributed by atoms with Crippen molar-refractivity contribution >= 4 is 39.7 Å². The topological polar surface area (TPSA) is 81.8 Å². The van der Waals surface area contributed by atoms with Crippen molar-refractivity contribution in [3.63, 3.8) is 0 Å². The molecule has 6 nitrogen and oxygen atoms in total. The lowest BCUT2D eigenvalue weighted by atomic mass is 9.88. The molecule has 0 spiro atoms. The molecule has 4 aromatic carbocycles. The van der Waals surface area contributed by atoms with Gasteiger partial charge in [-0.1, -0.05) is 85.1 Å². The van der Waals surface area contributed by atoms with Crippen molar-refractivity contribution < 1.29 is 23.8 Å². The van der Waals surface area contributed by atoms with E-state index in [1.165, 1.54) is 5.56 Å². The fourth-order valence-electron chi connectivity index (χ4n) is 5.17. The predicted molar refractivity (Wildman–Crippen MR) is 185 cm³/mol. The highest BCUT2D eigenvalue weighted by Crippen LogP contribution is 2.49. The summed E-state index contributed by atoms with van der Waals surface area (Å²) < 4.78 is 16.8. The number of pyridine rings is 1. The molecular weight excluding hydrogens is 615 g/mol. The first-order chi connectivity index (χ1) is 22.4. The molecule has 0 aliphatic rings. The molecule has 1 N–H and O–H groups in total. The van der Waals surface area contributed by atoms with Crippen LogP contribution in [0.1, 0.15) is 28.1 Å². The average Bonchev–Trinajstić information content (AvgIpc) is 3.62. The number of hydrogen-bond donors (Lipinski definition) is 1. The predicted octanol–water partition coefficient (Wildman–Crippen LogP) is 10.1. The molecule has 0 aliphatic carbocycles. The van der Waals surface area contributed by atoms with Gasteiger partial charge in [0.2, 0.25) is 0 Å². The lowest BCUT2D eigenvalue weighted by molar-refractivity contribution is 0.222. The van der Waals surface area contributed by atoms with Gasteiger partial charge in [-0.3, -0.25) is 0 Å². The molecule has 8 heteroatoms. The summed E-state index contributed by atoms with van der Waals surface area (Å²) in [5, 5.41) is 10.1. The number of hydrogen-bond acceptors (Lipinski definition) is 7. The minimum atomic E-state index is -1.17. The van der Waals surface area contributed by atoms with E-state index in [1.54, 1.807) is 30.2 Å². The molecule has 230 valence electrons. The van der Waals surface area contributed by atoms with Gasteiger partial charge >= 0.3 is 5.30 Å². The Morgan fingerprint density at radius 2 is 1.50 bits per heavy atom. The number of furan rings is 1. The minimum absolute atomic E-state index is 0.300. The van der Waals surface area contributed by atoms with Crippen LogP contribution in [0.15, 0.2) is 148 Å². The van der Waals surface area contributed by atoms with Crippen LogP contribution < -0.4 is 9.47 Å². The van der Waals surface area contributed by atoms with Crippen LogP contribution in [0.4, 0.5) is 4.79 Å². The summed E-state index contributed by atoms with van der Waals surface area (Å²) in [5.74, 6) is 1.78. The molecule has 0 saturated carbocycles. The monoisotopic (exact) mass is 645 g/mol. The van der Waals surface area contributed by atoms with Gasteiger partial charge in [-0.05, 0) is 90.0 Å². The fourth-order valence-corrected chi connectivity index (χ4v) is 6.96. The number of rotatable bonds is 12. The van der Waals surface area contributed by atoms with Crippen LogP contribution in [0.25, 0.3) is 10.9 Å². The molecule has 0 fully saturated rings. The Bertz CT molecular complexity index is 1960. The normalized spacial score (nSPS) is 12.4.